The lowest BCUT2D eigenvalue weighted by atomic mass is 10.1. The summed E-state index contributed by atoms with van der Waals surface area (Å²) in [5, 5.41) is 12.3. The lowest BCUT2D eigenvalue weighted by molar-refractivity contribution is 0.242. The summed E-state index contributed by atoms with van der Waals surface area (Å²) in [7, 11) is 0. The molecule has 0 bridgehead atoms. The Balaban J connectivity index is 1.43. The number of anilines is 1. The molecule has 0 atom stereocenters. The molecule has 1 N–H and O–H groups in total. The normalized spacial score (nSPS) is 15.6. The minimum Gasteiger partial charge on any atom is -0.414 e. The first kappa shape index (κ1) is 17.3. The monoisotopic (exact) mass is 346 g/mol. The van der Waals surface area contributed by atoms with Crippen LogP contribution in [0, 0.1) is 13.8 Å². The molecule has 1 aromatic carbocycles. The van der Waals surface area contributed by atoms with Crippen LogP contribution >= 0.6 is 11.8 Å². The number of rotatable bonds is 7. The van der Waals surface area contributed by atoms with E-state index in [2.05, 4.69) is 52.5 Å². The van der Waals surface area contributed by atoms with Gasteiger partial charge in [0.05, 0.1) is 6.54 Å². The molecule has 0 spiro atoms. The van der Waals surface area contributed by atoms with Crippen LogP contribution < -0.4 is 5.32 Å². The molecule has 2 aromatic rings. The van der Waals surface area contributed by atoms with Crippen molar-refractivity contribution in [3.8, 4) is 0 Å². The Hall–Kier alpha value is -1.53. The summed E-state index contributed by atoms with van der Waals surface area (Å²) in [4.78, 5) is 2.52. The summed E-state index contributed by atoms with van der Waals surface area (Å²) in [6.07, 6.45) is 4.04. The lowest BCUT2D eigenvalue weighted by Crippen LogP contribution is -2.31. The largest absolute Gasteiger partial charge is 0.414 e. The average Bonchev–Trinajstić information content (AvgIpc) is 3.03. The van der Waals surface area contributed by atoms with Crippen LogP contribution in [0.15, 0.2) is 27.8 Å². The van der Waals surface area contributed by atoms with Crippen molar-refractivity contribution in [1.82, 2.24) is 15.1 Å². The van der Waals surface area contributed by atoms with Gasteiger partial charge in [0.1, 0.15) is 0 Å². The predicted octanol–water partition coefficient (Wildman–Crippen LogP) is 3.88. The van der Waals surface area contributed by atoms with Crippen molar-refractivity contribution in [2.24, 2.45) is 0 Å². The minimum absolute atomic E-state index is 0.559. The fraction of sp³-hybridized carbons (Fsp3) is 0.556. The number of hydrogen-bond donors (Lipinski definition) is 1. The van der Waals surface area contributed by atoms with Gasteiger partial charge in [0.25, 0.3) is 5.22 Å². The molecule has 6 heteroatoms. The number of aryl methyl sites for hydroxylation is 2. The Kier molecular flexibility index (Phi) is 6.15. The van der Waals surface area contributed by atoms with E-state index in [9.17, 15) is 0 Å². The number of benzene rings is 1. The number of piperidine rings is 1. The van der Waals surface area contributed by atoms with Gasteiger partial charge in [0.2, 0.25) is 5.89 Å². The van der Waals surface area contributed by atoms with Crippen LogP contribution in [-0.2, 0) is 6.54 Å². The highest BCUT2D eigenvalue weighted by atomic mass is 32.2. The molecule has 0 saturated carbocycles. The molecular formula is C18H26N4OS. The first-order chi connectivity index (χ1) is 11.7. The maximum Gasteiger partial charge on any atom is 0.276 e. The third kappa shape index (κ3) is 4.98. The van der Waals surface area contributed by atoms with Gasteiger partial charge in [0, 0.05) is 18.0 Å². The molecule has 0 unspecified atom stereocenters. The van der Waals surface area contributed by atoms with Gasteiger partial charge in [-0.05, 0) is 51.4 Å². The first-order valence-electron chi connectivity index (χ1n) is 8.69. The zero-order chi connectivity index (χ0) is 16.8. The molecule has 24 heavy (non-hydrogen) atoms. The summed E-state index contributed by atoms with van der Waals surface area (Å²) in [5.41, 5.74) is 3.60. The smallest absolute Gasteiger partial charge is 0.276 e. The van der Waals surface area contributed by atoms with Crippen LogP contribution in [0.4, 0.5) is 5.69 Å². The molecule has 0 amide bonds. The fourth-order valence-electron chi connectivity index (χ4n) is 3.00. The summed E-state index contributed by atoms with van der Waals surface area (Å²) >= 11 is 1.65. The van der Waals surface area contributed by atoms with Crippen LogP contribution in [0.2, 0.25) is 0 Å². The van der Waals surface area contributed by atoms with Gasteiger partial charge in [-0.25, -0.2) is 0 Å². The maximum absolute atomic E-state index is 5.72. The Morgan fingerprint density at radius 1 is 1.17 bits per heavy atom. The van der Waals surface area contributed by atoms with Crippen LogP contribution in [0.25, 0.3) is 0 Å². The molecule has 5 nitrogen and oxygen atoms in total. The highest BCUT2D eigenvalue weighted by molar-refractivity contribution is 7.99. The SMILES string of the molecule is Cc1ccc(NCc2nnc(SCCN3CCCCC3)o2)c(C)c1. The van der Waals surface area contributed by atoms with E-state index in [1.165, 1.54) is 43.5 Å². The lowest BCUT2D eigenvalue weighted by Gasteiger charge is -2.25. The molecule has 0 aliphatic carbocycles. The highest BCUT2D eigenvalue weighted by Gasteiger charge is 2.11. The zero-order valence-corrected chi connectivity index (χ0v) is 15.4. The molecule has 1 aromatic heterocycles. The molecule has 1 aliphatic heterocycles. The third-order valence-electron chi connectivity index (χ3n) is 4.34. The van der Waals surface area contributed by atoms with E-state index in [-0.39, 0.29) is 0 Å². The number of aromatic nitrogens is 2. The van der Waals surface area contributed by atoms with Gasteiger partial charge in [-0.1, -0.05) is 35.9 Å². The molecule has 3 rings (SSSR count). The quantitative estimate of drug-likeness (QED) is 0.768. The summed E-state index contributed by atoms with van der Waals surface area (Å²) < 4.78 is 5.72. The number of likely N-dealkylation sites (tertiary alicyclic amines) is 1. The molecule has 2 heterocycles. The fourth-order valence-corrected chi connectivity index (χ4v) is 3.77. The minimum atomic E-state index is 0.559. The molecular weight excluding hydrogens is 320 g/mol. The maximum atomic E-state index is 5.72. The van der Waals surface area contributed by atoms with Crippen molar-refractivity contribution in [2.45, 2.75) is 44.9 Å². The number of thioether (sulfide) groups is 1. The van der Waals surface area contributed by atoms with E-state index in [1.54, 1.807) is 11.8 Å². The summed E-state index contributed by atoms with van der Waals surface area (Å²) in [5.74, 6) is 1.64. The molecule has 1 aliphatic rings. The Morgan fingerprint density at radius 3 is 2.79 bits per heavy atom. The van der Waals surface area contributed by atoms with Crippen LogP contribution in [0.3, 0.4) is 0 Å². The van der Waals surface area contributed by atoms with Gasteiger partial charge >= 0.3 is 0 Å². The van der Waals surface area contributed by atoms with Crippen molar-refractivity contribution >= 4 is 17.4 Å². The van der Waals surface area contributed by atoms with Crippen LogP contribution in [0.5, 0.6) is 0 Å². The topological polar surface area (TPSA) is 54.2 Å². The van der Waals surface area contributed by atoms with Crippen LogP contribution in [0.1, 0.15) is 36.3 Å². The van der Waals surface area contributed by atoms with Gasteiger partial charge in [-0.2, -0.15) is 0 Å². The molecule has 1 saturated heterocycles. The molecule has 0 radical (unpaired) electrons. The zero-order valence-electron chi connectivity index (χ0n) is 14.5. The van der Waals surface area contributed by atoms with Crippen molar-refractivity contribution in [2.75, 3.05) is 30.7 Å². The Labute approximate surface area is 148 Å². The van der Waals surface area contributed by atoms with E-state index in [4.69, 9.17) is 4.42 Å². The van der Waals surface area contributed by atoms with Gasteiger partial charge in [-0.3, -0.25) is 0 Å². The van der Waals surface area contributed by atoms with Gasteiger partial charge in [0.15, 0.2) is 0 Å². The van der Waals surface area contributed by atoms with Crippen molar-refractivity contribution in [1.29, 1.82) is 0 Å². The summed E-state index contributed by atoms with van der Waals surface area (Å²) in [6.45, 7) is 8.32. The predicted molar refractivity (Wildman–Crippen MR) is 98.6 cm³/mol. The third-order valence-corrected chi connectivity index (χ3v) is 5.14. The van der Waals surface area contributed by atoms with Gasteiger partial charge in [-0.15, -0.1) is 10.2 Å². The Bertz CT molecular complexity index is 652. The van der Waals surface area contributed by atoms with Gasteiger partial charge < -0.3 is 14.6 Å². The van der Waals surface area contributed by atoms with E-state index in [0.717, 1.165) is 18.0 Å². The first-order valence-corrected chi connectivity index (χ1v) is 9.68. The van der Waals surface area contributed by atoms with E-state index in [0.29, 0.717) is 17.7 Å². The number of hydrogen-bond acceptors (Lipinski definition) is 6. The number of nitrogens with zero attached hydrogens (tertiary/aromatic N) is 3. The van der Waals surface area contributed by atoms with E-state index < -0.39 is 0 Å². The van der Waals surface area contributed by atoms with E-state index >= 15 is 0 Å². The van der Waals surface area contributed by atoms with Crippen molar-refractivity contribution < 1.29 is 4.42 Å². The van der Waals surface area contributed by atoms with E-state index in [1.807, 2.05) is 0 Å². The average molecular weight is 347 g/mol. The van der Waals surface area contributed by atoms with Crippen molar-refractivity contribution in [3.63, 3.8) is 0 Å². The molecule has 130 valence electrons. The second kappa shape index (κ2) is 8.53. The number of nitrogens with one attached hydrogen (secondary N) is 1. The second-order valence-electron chi connectivity index (χ2n) is 6.38. The summed E-state index contributed by atoms with van der Waals surface area (Å²) in [6, 6.07) is 6.36. The second-order valence-corrected chi connectivity index (χ2v) is 7.43. The molecule has 1 fully saturated rings. The van der Waals surface area contributed by atoms with Crippen LogP contribution in [-0.4, -0.2) is 40.5 Å². The van der Waals surface area contributed by atoms with Crippen molar-refractivity contribution in [3.05, 3.63) is 35.2 Å². The Morgan fingerprint density at radius 2 is 2.00 bits per heavy atom. The standard InChI is InChI=1S/C18H26N4OS/c1-14-6-7-16(15(2)12-14)19-13-17-20-21-18(23-17)24-11-10-22-8-4-3-5-9-22/h6-7,12,19H,3-5,8-11,13H2,1-2H3. The highest BCUT2D eigenvalue weighted by Crippen LogP contribution is 2.20.